The van der Waals surface area contributed by atoms with Crippen molar-refractivity contribution in [3.05, 3.63) is 200 Å². The van der Waals surface area contributed by atoms with Gasteiger partial charge in [0.25, 0.3) is 0 Å². The van der Waals surface area contributed by atoms with Crippen LogP contribution in [0.4, 0.5) is 0 Å². The zero-order valence-electron chi connectivity index (χ0n) is 33.6. The molecule has 9 aromatic carbocycles. The highest BCUT2D eigenvalue weighted by Gasteiger charge is 2.21. The molecular formula is C57H33N3O3. The van der Waals surface area contributed by atoms with Crippen LogP contribution in [-0.4, -0.2) is 15.0 Å². The molecule has 0 saturated heterocycles. The Balaban J connectivity index is 0.950. The van der Waals surface area contributed by atoms with Gasteiger partial charge in [0.05, 0.1) is 0 Å². The first-order valence-corrected chi connectivity index (χ1v) is 21.0. The molecule has 13 aromatic rings. The van der Waals surface area contributed by atoms with Gasteiger partial charge in [-0.15, -0.1) is 0 Å². The molecule has 0 aliphatic carbocycles. The van der Waals surface area contributed by atoms with Crippen molar-refractivity contribution in [2.75, 3.05) is 0 Å². The van der Waals surface area contributed by atoms with E-state index in [1.165, 1.54) is 0 Å². The van der Waals surface area contributed by atoms with Crippen LogP contribution in [0.15, 0.2) is 213 Å². The highest BCUT2D eigenvalue weighted by atomic mass is 16.3. The van der Waals surface area contributed by atoms with Crippen molar-refractivity contribution in [2.45, 2.75) is 0 Å². The molecule has 0 saturated carbocycles. The smallest absolute Gasteiger partial charge is 0.164 e. The fourth-order valence-corrected chi connectivity index (χ4v) is 9.18. The molecule has 63 heavy (non-hydrogen) atoms. The maximum atomic E-state index is 6.76. The maximum Gasteiger partial charge on any atom is 0.164 e. The van der Waals surface area contributed by atoms with Crippen molar-refractivity contribution in [3.63, 3.8) is 0 Å². The lowest BCUT2D eigenvalue weighted by molar-refractivity contribution is 0.668. The fourth-order valence-electron chi connectivity index (χ4n) is 9.18. The van der Waals surface area contributed by atoms with Gasteiger partial charge in [0.15, 0.2) is 17.5 Å². The van der Waals surface area contributed by atoms with E-state index in [1.807, 2.05) is 60.7 Å². The summed E-state index contributed by atoms with van der Waals surface area (Å²) in [4.78, 5) is 15.4. The van der Waals surface area contributed by atoms with E-state index in [2.05, 4.69) is 140 Å². The summed E-state index contributed by atoms with van der Waals surface area (Å²) in [5.74, 6) is 1.73. The van der Waals surface area contributed by atoms with Crippen molar-refractivity contribution >= 4 is 65.8 Å². The van der Waals surface area contributed by atoms with Gasteiger partial charge in [-0.2, -0.15) is 0 Å². The van der Waals surface area contributed by atoms with E-state index in [1.54, 1.807) is 0 Å². The number of rotatable bonds is 6. The first-order chi connectivity index (χ1) is 31.2. The molecule has 6 nitrogen and oxygen atoms in total. The SMILES string of the molecule is c1ccc(-c2cccc(-c3nc(-c4ccc(-c5ccc(-c6cccc7oc8ccccc8c67)c6oc7ccccc7c56)cc4)nc(-c4ccc5c(c4)oc4ccccc45)n3)c2)cc1. The number of nitrogens with zero attached hydrogens (tertiary/aromatic N) is 3. The third-order valence-corrected chi connectivity index (χ3v) is 12.2. The van der Waals surface area contributed by atoms with Crippen LogP contribution in [0.1, 0.15) is 0 Å². The van der Waals surface area contributed by atoms with E-state index >= 15 is 0 Å². The van der Waals surface area contributed by atoms with Crippen LogP contribution in [0.25, 0.3) is 133 Å². The van der Waals surface area contributed by atoms with Crippen LogP contribution in [0.5, 0.6) is 0 Å². The summed E-state index contributed by atoms with van der Waals surface area (Å²) in [6.07, 6.45) is 0. The highest BCUT2D eigenvalue weighted by Crippen LogP contribution is 2.45. The van der Waals surface area contributed by atoms with E-state index in [9.17, 15) is 0 Å². The summed E-state index contributed by atoms with van der Waals surface area (Å²) in [6.45, 7) is 0. The summed E-state index contributed by atoms with van der Waals surface area (Å²) < 4.78 is 19.3. The lowest BCUT2D eigenvalue weighted by Crippen LogP contribution is -2.00. The summed E-state index contributed by atoms with van der Waals surface area (Å²) in [5, 5.41) is 6.40. The molecule has 0 aliphatic heterocycles. The predicted octanol–water partition coefficient (Wildman–Crippen LogP) is 15.6. The second kappa shape index (κ2) is 14.0. The number of aromatic nitrogens is 3. The highest BCUT2D eigenvalue weighted by molar-refractivity contribution is 6.20. The number of hydrogen-bond acceptors (Lipinski definition) is 6. The Hall–Kier alpha value is -8.61. The summed E-state index contributed by atoms with van der Waals surface area (Å²) in [6, 6.07) is 68.6. The second-order valence-corrected chi connectivity index (χ2v) is 15.9. The Labute approximate surface area is 360 Å². The topological polar surface area (TPSA) is 78.1 Å². The van der Waals surface area contributed by atoms with E-state index in [0.29, 0.717) is 17.5 Å². The van der Waals surface area contributed by atoms with Crippen LogP contribution >= 0.6 is 0 Å². The lowest BCUT2D eigenvalue weighted by atomic mass is 9.92. The Morgan fingerprint density at radius 3 is 1.54 bits per heavy atom. The summed E-state index contributed by atoms with van der Waals surface area (Å²) in [5.41, 5.74) is 14.0. The molecule has 0 bridgehead atoms. The lowest BCUT2D eigenvalue weighted by Gasteiger charge is -2.11. The van der Waals surface area contributed by atoms with Crippen molar-refractivity contribution in [1.82, 2.24) is 15.0 Å². The third-order valence-electron chi connectivity index (χ3n) is 12.2. The van der Waals surface area contributed by atoms with Crippen molar-refractivity contribution in [2.24, 2.45) is 0 Å². The number of benzene rings is 9. The monoisotopic (exact) mass is 807 g/mol. The van der Waals surface area contributed by atoms with Gasteiger partial charge in [-0.3, -0.25) is 0 Å². The Kier molecular flexibility index (Phi) is 7.80. The van der Waals surface area contributed by atoms with Gasteiger partial charge in [-0.1, -0.05) is 152 Å². The zero-order chi connectivity index (χ0) is 41.4. The minimum absolute atomic E-state index is 0.564. The Morgan fingerprint density at radius 2 is 0.762 bits per heavy atom. The molecule has 4 aromatic heterocycles. The predicted molar refractivity (Wildman–Crippen MR) is 254 cm³/mol. The van der Waals surface area contributed by atoms with Crippen molar-refractivity contribution < 1.29 is 13.3 Å². The minimum atomic E-state index is 0.564. The molecule has 294 valence electrons. The van der Waals surface area contributed by atoms with Crippen LogP contribution in [-0.2, 0) is 0 Å². The third kappa shape index (κ3) is 5.76. The molecule has 0 aliphatic rings. The van der Waals surface area contributed by atoms with E-state index in [-0.39, 0.29) is 0 Å². The first kappa shape index (κ1) is 35.2. The quantitative estimate of drug-likeness (QED) is 0.166. The molecule has 0 atom stereocenters. The van der Waals surface area contributed by atoms with Gasteiger partial charge >= 0.3 is 0 Å². The van der Waals surface area contributed by atoms with Gasteiger partial charge in [-0.25, -0.2) is 15.0 Å². The van der Waals surface area contributed by atoms with E-state index in [4.69, 9.17) is 28.2 Å². The molecule has 0 spiro atoms. The van der Waals surface area contributed by atoms with Gasteiger partial charge in [-0.05, 0) is 76.3 Å². The summed E-state index contributed by atoms with van der Waals surface area (Å²) in [7, 11) is 0. The molecule has 13 rings (SSSR count). The standard InChI is InChI=1S/C57H33N3O3/c1-2-12-34(13-3-1)37-14-10-15-38(32-37)56-58-55(59-57(60-56)39-28-29-42-41-16-4-7-20-47(41)62-51(42)33-39)36-26-24-35(25-27-36)40-30-31-44(54-53(40)46-18-6-9-22-49(46)63-54)43-19-11-23-50-52(43)45-17-5-8-21-48(45)61-50/h1-33H. The molecule has 6 heteroatoms. The van der Waals surface area contributed by atoms with E-state index < -0.39 is 0 Å². The van der Waals surface area contributed by atoms with Gasteiger partial charge < -0.3 is 13.3 Å². The molecule has 0 fully saturated rings. The number of furan rings is 3. The molecular weight excluding hydrogens is 775 g/mol. The average molecular weight is 808 g/mol. The maximum absolute atomic E-state index is 6.76. The fraction of sp³-hybridized carbons (Fsp3) is 0. The summed E-state index contributed by atoms with van der Waals surface area (Å²) >= 11 is 0. The second-order valence-electron chi connectivity index (χ2n) is 15.9. The van der Waals surface area contributed by atoms with Gasteiger partial charge in [0.1, 0.15) is 33.5 Å². The normalized spacial score (nSPS) is 11.8. The zero-order valence-corrected chi connectivity index (χ0v) is 33.6. The Morgan fingerprint density at radius 1 is 0.254 bits per heavy atom. The molecule has 4 heterocycles. The van der Waals surface area contributed by atoms with Gasteiger partial charge in [0, 0.05) is 54.6 Å². The van der Waals surface area contributed by atoms with Crippen LogP contribution in [0.2, 0.25) is 0 Å². The van der Waals surface area contributed by atoms with Crippen LogP contribution in [0.3, 0.4) is 0 Å². The van der Waals surface area contributed by atoms with Gasteiger partial charge in [0.2, 0.25) is 0 Å². The van der Waals surface area contributed by atoms with Crippen molar-refractivity contribution in [1.29, 1.82) is 0 Å². The first-order valence-electron chi connectivity index (χ1n) is 21.0. The average Bonchev–Trinajstić information content (AvgIpc) is 4.06. The number of hydrogen-bond donors (Lipinski definition) is 0. The largest absolute Gasteiger partial charge is 0.456 e. The minimum Gasteiger partial charge on any atom is -0.456 e. The molecule has 0 N–H and O–H groups in total. The molecule has 0 unspecified atom stereocenters. The molecule has 0 radical (unpaired) electrons. The van der Waals surface area contributed by atoms with Crippen molar-refractivity contribution in [3.8, 4) is 67.5 Å². The number of para-hydroxylation sites is 3. The number of fused-ring (bicyclic) bond motifs is 9. The molecule has 0 amide bonds. The van der Waals surface area contributed by atoms with E-state index in [0.717, 1.165) is 116 Å². The van der Waals surface area contributed by atoms with Crippen LogP contribution < -0.4 is 0 Å². The Bertz CT molecular complexity index is 3920. The van der Waals surface area contributed by atoms with Crippen LogP contribution in [0, 0.1) is 0 Å².